The van der Waals surface area contributed by atoms with E-state index in [-0.39, 0.29) is 29.4 Å². The fourth-order valence-electron chi connectivity index (χ4n) is 2.30. The quantitative estimate of drug-likeness (QED) is 0.715. The lowest BCUT2D eigenvalue weighted by atomic mass is 10.1. The van der Waals surface area contributed by atoms with E-state index in [4.69, 9.17) is 16.3 Å². The van der Waals surface area contributed by atoms with Crippen molar-refractivity contribution in [3.63, 3.8) is 0 Å². The van der Waals surface area contributed by atoms with Crippen LogP contribution in [0.2, 0.25) is 5.02 Å². The molecule has 0 aliphatic rings. The van der Waals surface area contributed by atoms with Gasteiger partial charge in [0.25, 0.3) is 0 Å². The average molecular weight is 393 g/mol. The summed E-state index contributed by atoms with van der Waals surface area (Å²) < 4.78 is 5.07. The summed E-state index contributed by atoms with van der Waals surface area (Å²) in [5.74, 6) is 0.818. The van der Waals surface area contributed by atoms with Crippen LogP contribution >= 0.6 is 23.4 Å². The van der Waals surface area contributed by atoms with Crippen LogP contribution < -0.4 is 15.4 Å². The Kier molecular flexibility index (Phi) is 7.81. The topological polar surface area (TPSA) is 67.4 Å². The molecule has 0 aromatic heterocycles. The summed E-state index contributed by atoms with van der Waals surface area (Å²) in [5, 5.41) is 6.28. The third-order valence-electron chi connectivity index (χ3n) is 3.59. The lowest BCUT2D eigenvalue weighted by Crippen LogP contribution is -2.29. The molecule has 0 heterocycles. The van der Waals surface area contributed by atoms with Gasteiger partial charge >= 0.3 is 0 Å². The van der Waals surface area contributed by atoms with Gasteiger partial charge in [0.15, 0.2) is 0 Å². The lowest BCUT2D eigenvalue weighted by molar-refractivity contribution is -0.119. The molecule has 1 unspecified atom stereocenters. The first-order valence-electron chi connectivity index (χ1n) is 8.05. The zero-order valence-electron chi connectivity index (χ0n) is 14.6. The van der Waals surface area contributed by atoms with E-state index < -0.39 is 0 Å². The van der Waals surface area contributed by atoms with Gasteiger partial charge in [0, 0.05) is 10.7 Å². The van der Waals surface area contributed by atoms with Gasteiger partial charge in [0.2, 0.25) is 11.8 Å². The number of rotatable bonds is 8. The lowest BCUT2D eigenvalue weighted by Gasteiger charge is -2.15. The number of methoxy groups -OCH3 is 1. The smallest absolute Gasteiger partial charge is 0.234 e. The van der Waals surface area contributed by atoms with Gasteiger partial charge in [-0.15, -0.1) is 11.8 Å². The van der Waals surface area contributed by atoms with Crippen LogP contribution in [0.1, 0.15) is 18.5 Å². The molecule has 7 heteroatoms. The van der Waals surface area contributed by atoms with E-state index in [0.717, 1.165) is 11.3 Å². The largest absolute Gasteiger partial charge is 0.497 e. The third kappa shape index (κ3) is 6.28. The molecule has 2 aromatic carbocycles. The minimum Gasteiger partial charge on any atom is -0.497 e. The van der Waals surface area contributed by atoms with E-state index >= 15 is 0 Å². The highest BCUT2D eigenvalue weighted by Crippen LogP contribution is 2.22. The Labute approximate surface area is 162 Å². The van der Waals surface area contributed by atoms with Crippen molar-refractivity contribution in [1.29, 1.82) is 0 Å². The minimum atomic E-state index is -0.190. The summed E-state index contributed by atoms with van der Waals surface area (Å²) in [5.41, 5.74) is 1.55. The first kappa shape index (κ1) is 20.1. The number of amides is 2. The number of nitrogens with one attached hydrogen (secondary N) is 2. The van der Waals surface area contributed by atoms with Gasteiger partial charge in [-0.3, -0.25) is 9.59 Å². The van der Waals surface area contributed by atoms with Crippen molar-refractivity contribution in [3.05, 3.63) is 59.1 Å². The summed E-state index contributed by atoms with van der Waals surface area (Å²) in [7, 11) is 1.59. The van der Waals surface area contributed by atoms with Crippen LogP contribution in [0, 0.1) is 0 Å². The molecule has 5 nitrogen and oxygen atoms in total. The number of halogens is 1. The van der Waals surface area contributed by atoms with E-state index in [1.807, 2.05) is 25.1 Å². The van der Waals surface area contributed by atoms with E-state index in [9.17, 15) is 9.59 Å². The molecule has 0 aliphatic carbocycles. The summed E-state index contributed by atoms with van der Waals surface area (Å²) in [4.78, 5) is 24.0. The molecule has 2 amide bonds. The van der Waals surface area contributed by atoms with E-state index in [1.54, 1.807) is 37.4 Å². The summed E-state index contributed by atoms with van der Waals surface area (Å²) in [6.45, 7) is 1.88. The molecule has 2 aromatic rings. The van der Waals surface area contributed by atoms with Crippen molar-refractivity contribution >= 4 is 40.9 Å². The van der Waals surface area contributed by atoms with Crippen LogP contribution in [0.25, 0.3) is 0 Å². The molecule has 0 fully saturated rings. The standard InChI is InChI=1S/C19H21ClN2O3S/c1-13(16-5-3-4-6-17(16)20)21-18(23)11-26-12-19(24)22-14-7-9-15(25-2)10-8-14/h3-10,13H,11-12H2,1-2H3,(H,21,23)(H,22,24). The fourth-order valence-corrected chi connectivity index (χ4v) is 3.22. The van der Waals surface area contributed by atoms with E-state index in [2.05, 4.69) is 10.6 Å². The molecule has 138 valence electrons. The average Bonchev–Trinajstić information content (AvgIpc) is 2.62. The Bertz CT molecular complexity index is 753. The molecular weight excluding hydrogens is 372 g/mol. The van der Waals surface area contributed by atoms with Crippen LogP contribution in [-0.2, 0) is 9.59 Å². The highest BCUT2D eigenvalue weighted by atomic mass is 35.5. The van der Waals surface area contributed by atoms with E-state index in [1.165, 1.54) is 11.8 Å². The number of carbonyl (C=O) groups excluding carboxylic acids is 2. The first-order chi connectivity index (χ1) is 12.5. The maximum Gasteiger partial charge on any atom is 0.234 e. The molecule has 2 rings (SSSR count). The zero-order chi connectivity index (χ0) is 18.9. The molecule has 26 heavy (non-hydrogen) atoms. The van der Waals surface area contributed by atoms with Crippen molar-refractivity contribution in [2.75, 3.05) is 23.9 Å². The van der Waals surface area contributed by atoms with Crippen molar-refractivity contribution in [2.45, 2.75) is 13.0 Å². The molecule has 0 radical (unpaired) electrons. The number of thioether (sulfide) groups is 1. The Hall–Kier alpha value is -2.18. The number of benzene rings is 2. The monoisotopic (exact) mass is 392 g/mol. The van der Waals surface area contributed by atoms with Gasteiger partial charge in [-0.05, 0) is 42.8 Å². The zero-order valence-corrected chi connectivity index (χ0v) is 16.2. The molecule has 0 aliphatic heterocycles. The van der Waals surface area contributed by atoms with Crippen LogP contribution in [0.4, 0.5) is 5.69 Å². The molecule has 0 bridgehead atoms. The second-order valence-corrected chi connectivity index (χ2v) is 6.97. The second-order valence-electron chi connectivity index (χ2n) is 5.58. The molecule has 1 atom stereocenters. The first-order valence-corrected chi connectivity index (χ1v) is 9.58. The van der Waals surface area contributed by atoms with Gasteiger partial charge in [-0.1, -0.05) is 29.8 Å². The maximum absolute atomic E-state index is 12.0. The number of ether oxygens (including phenoxy) is 1. The Morgan fingerprint density at radius 3 is 2.38 bits per heavy atom. The third-order valence-corrected chi connectivity index (χ3v) is 4.87. The second kappa shape index (κ2) is 10.1. The van der Waals surface area contributed by atoms with E-state index in [0.29, 0.717) is 10.7 Å². The number of anilines is 1. The maximum atomic E-state index is 12.0. The van der Waals surface area contributed by atoms with Crippen LogP contribution in [0.5, 0.6) is 5.75 Å². The predicted octanol–water partition coefficient (Wildman–Crippen LogP) is 3.90. The van der Waals surface area contributed by atoms with Gasteiger partial charge in [-0.2, -0.15) is 0 Å². The highest BCUT2D eigenvalue weighted by Gasteiger charge is 2.13. The number of carbonyl (C=O) groups is 2. The van der Waals surface area contributed by atoms with Gasteiger partial charge in [0.05, 0.1) is 24.7 Å². The number of hydrogen-bond donors (Lipinski definition) is 2. The normalized spacial score (nSPS) is 11.5. The molecule has 2 N–H and O–H groups in total. The summed E-state index contributed by atoms with van der Waals surface area (Å²) in [6, 6.07) is 14.3. The van der Waals surface area contributed by atoms with Crippen LogP contribution in [-0.4, -0.2) is 30.4 Å². The van der Waals surface area contributed by atoms with Crippen molar-refractivity contribution in [3.8, 4) is 5.75 Å². The van der Waals surface area contributed by atoms with Crippen molar-refractivity contribution in [2.24, 2.45) is 0 Å². The van der Waals surface area contributed by atoms with Crippen LogP contribution in [0.15, 0.2) is 48.5 Å². The van der Waals surface area contributed by atoms with Crippen molar-refractivity contribution < 1.29 is 14.3 Å². The van der Waals surface area contributed by atoms with Crippen LogP contribution in [0.3, 0.4) is 0 Å². The Balaban J connectivity index is 1.72. The van der Waals surface area contributed by atoms with Gasteiger partial charge in [-0.25, -0.2) is 0 Å². The summed E-state index contributed by atoms with van der Waals surface area (Å²) >= 11 is 7.38. The highest BCUT2D eigenvalue weighted by molar-refractivity contribution is 8.00. The molecular formula is C19H21ClN2O3S. The Morgan fingerprint density at radius 2 is 1.73 bits per heavy atom. The molecule has 0 saturated carbocycles. The molecule has 0 saturated heterocycles. The van der Waals surface area contributed by atoms with Gasteiger partial charge in [0.1, 0.15) is 5.75 Å². The summed E-state index contributed by atoms with van der Waals surface area (Å²) in [6.07, 6.45) is 0. The minimum absolute atomic E-state index is 0.139. The number of hydrogen-bond acceptors (Lipinski definition) is 4. The van der Waals surface area contributed by atoms with Gasteiger partial charge < -0.3 is 15.4 Å². The Morgan fingerprint density at radius 1 is 1.08 bits per heavy atom. The van der Waals surface area contributed by atoms with Crippen molar-refractivity contribution in [1.82, 2.24) is 5.32 Å². The fraction of sp³-hybridized carbons (Fsp3) is 0.263. The predicted molar refractivity (Wildman–Crippen MR) is 107 cm³/mol. The SMILES string of the molecule is COc1ccc(NC(=O)CSCC(=O)NC(C)c2ccccc2Cl)cc1. The molecule has 0 spiro atoms.